The Balaban J connectivity index is 1.59. The van der Waals surface area contributed by atoms with Crippen molar-refractivity contribution in [2.24, 2.45) is 0 Å². The van der Waals surface area contributed by atoms with Crippen LogP contribution in [0.2, 0.25) is 0 Å². The van der Waals surface area contributed by atoms with Crippen molar-refractivity contribution in [2.75, 3.05) is 13.1 Å². The van der Waals surface area contributed by atoms with E-state index in [4.69, 9.17) is 0 Å². The predicted molar refractivity (Wildman–Crippen MR) is 94.9 cm³/mol. The molecule has 2 fully saturated rings. The van der Waals surface area contributed by atoms with Gasteiger partial charge in [0.1, 0.15) is 5.54 Å². The van der Waals surface area contributed by atoms with Crippen molar-refractivity contribution in [2.45, 2.75) is 37.8 Å². The normalized spacial score (nSPS) is 23.4. The minimum Gasteiger partial charge on any atom is -0.367 e. The average Bonchev–Trinajstić information content (AvgIpc) is 3.30. The molecule has 25 heavy (non-hydrogen) atoms. The summed E-state index contributed by atoms with van der Waals surface area (Å²) in [5, 5.41) is 0. The Morgan fingerprint density at radius 3 is 2.56 bits per heavy atom. The molecule has 0 aliphatic carbocycles. The van der Waals surface area contributed by atoms with Gasteiger partial charge in [-0.15, -0.1) is 0 Å². The minimum absolute atomic E-state index is 0.0336. The summed E-state index contributed by atoms with van der Waals surface area (Å²) in [5.74, 6) is 0.0812. The van der Waals surface area contributed by atoms with Crippen LogP contribution in [0.25, 0.3) is 0 Å². The van der Waals surface area contributed by atoms with Crippen LogP contribution in [-0.4, -0.2) is 45.2 Å². The maximum atomic E-state index is 13.4. The topological polar surface area (TPSA) is 56.4 Å². The van der Waals surface area contributed by atoms with E-state index in [9.17, 15) is 9.59 Å². The quantitative estimate of drug-likeness (QED) is 0.936. The summed E-state index contributed by atoms with van der Waals surface area (Å²) in [6, 6.07) is 11.9. The first kappa shape index (κ1) is 15.9. The molecule has 3 heterocycles. The molecule has 2 aliphatic heterocycles. The van der Waals surface area contributed by atoms with Crippen molar-refractivity contribution in [3.8, 4) is 0 Å². The van der Waals surface area contributed by atoms with Crippen LogP contribution in [0.4, 0.5) is 0 Å². The summed E-state index contributed by atoms with van der Waals surface area (Å²) in [6.45, 7) is 2.05. The number of piperidine rings is 1. The second kappa shape index (κ2) is 6.39. The lowest BCUT2D eigenvalue weighted by atomic mass is 9.85. The Kier molecular flexibility index (Phi) is 4.07. The first-order chi connectivity index (χ1) is 12.2. The number of hydrogen-bond acceptors (Lipinski definition) is 2. The van der Waals surface area contributed by atoms with Crippen LogP contribution >= 0.6 is 0 Å². The molecule has 2 saturated heterocycles. The third-order valence-corrected chi connectivity index (χ3v) is 5.50. The van der Waals surface area contributed by atoms with Crippen molar-refractivity contribution >= 4 is 11.8 Å². The zero-order valence-electron chi connectivity index (χ0n) is 14.3. The number of aromatic amines is 1. The highest BCUT2D eigenvalue weighted by molar-refractivity contribution is 5.99. The van der Waals surface area contributed by atoms with Gasteiger partial charge in [-0.05, 0) is 37.3 Å². The van der Waals surface area contributed by atoms with Crippen molar-refractivity contribution in [3.05, 3.63) is 59.9 Å². The molecule has 0 bridgehead atoms. The zero-order valence-corrected chi connectivity index (χ0v) is 14.3. The van der Waals surface area contributed by atoms with Gasteiger partial charge in [0.15, 0.2) is 0 Å². The molecule has 1 aromatic carbocycles. The van der Waals surface area contributed by atoms with E-state index in [0.29, 0.717) is 18.7 Å². The number of rotatable bonds is 3. The van der Waals surface area contributed by atoms with Crippen LogP contribution in [0.1, 0.15) is 41.6 Å². The van der Waals surface area contributed by atoms with Crippen molar-refractivity contribution in [3.63, 3.8) is 0 Å². The van der Waals surface area contributed by atoms with Crippen LogP contribution < -0.4 is 0 Å². The first-order valence-corrected chi connectivity index (χ1v) is 8.99. The van der Waals surface area contributed by atoms with Gasteiger partial charge >= 0.3 is 0 Å². The molecule has 2 amide bonds. The van der Waals surface area contributed by atoms with Gasteiger partial charge in [-0.25, -0.2) is 0 Å². The van der Waals surface area contributed by atoms with E-state index < -0.39 is 5.54 Å². The number of aromatic nitrogens is 1. The van der Waals surface area contributed by atoms with Gasteiger partial charge in [0, 0.05) is 32.0 Å². The van der Waals surface area contributed by atoms with Gasteiger partial charge in [-0.3, -0.25) is 9.59 Å². The Morgan fingerprint density at radius 2 is 1.84 bits per heavy atom. The Labute approximate surface area is 147 Å². The molecule has 1 N–H and O–H groups in total. The average molecular weight is 337 g/mol. The monoisotopic (exact) mass is 337 g/mol. The van der Waals surface area contributed by atoms with E-state index >= 15 is 0 Å². The third-order valence-electron chi connectivity index (χ3n) is 5.50. The van der Waals surface area contributed by atoms with Crippen LogP contribution in [-0.2, 0) is 11.3 Å². The van der Waals surface area contributed by atoms with Gasteiger partial charge < -0.3 is 14.8 Å². The van der Waals surface area contributed by atoms with Gasteiger partial charge in [0.25, 0.3) is 5.91 Å². The number of likely N-dealkylation sites (tertiary alicyclic amines) is 2. The molecular weight excluding hydrogens is 314 g/mol. The lowest BCUT2D eigenvalue weighted by Gasteiger charge is -2.44. The number of H-pyrrole nitrogens is 1. The molecule has 1 aromatic heterocycles. The number of benzene rings is 1. The van der Waals surface area contributed by atoms with E-state index in [1.807, 2.05) is 40.1 Å². The second-order valence-electron chi connectivity index (χ2n) is 7.01. The molecule has 5 nitrogen and oxygen atoms in total. The van der Waals surface area contributed by atoms with E-state index in [2.05, 4.69) is 4.98 Å². The number of carbonyl (C=O) groups is 2. The lowest BCUT2D eigenvalue weighted by molar-refractivity contribution is -0.146. The maximum absolute atomic E-state index is 13.4. The van der Waals surface area contributed by atoms with Crippen LogP contribution in [0.5, 0.6) is 0 Å². The summed E-state index contributed by atoms with van der Waals surface area (Å²) in [7, 11) is 0. The van der Waals surface area contributed by atoms with E-state index in [-0.39, 0.29) is 11.8 Å². The highest BCUT2D eigenvalue weighted by atomic mass is 16.2. The number of carbonyl (C=O) groups excluding carboxylic acids is 2. The van der Waals surface area contributed by atoms with Gasteiger partial charge in [0.2, 0.25) is 5.91 Å². The molecule has 0 saturated carbocycles. The molecule has 1 unspecified atom stereocenters. The molecule has 0 radical (unpaired) electrons. The van der Waals surface area contributed by atoms with Gasteiger partial charge in [-0.1, -0.05) is 30.3 Å². The Morgan fingerprint density at radius 1 is 1.08 bits per heavy atom. The van der Waals surface area contributed by atoms with Crippen molar-refractivity contribution in [1.29, 1.82) is 0 Å². The number of amides is 2. The summed E-state index contributed by atoms with van der Waals surface area (Å²) in [6.07, 6.45) is 6.83. The molecule has 4 rings (SSSR count). The molecule has 1 atom stereocenters. The Bertz CT molecular complexity index is 757. The lowest BCUT2D eigenvalue weighted by Crippen LogP contribution is -2.61. The van der Waals surface area contributed by atoms with E-state index in [1.54, 1.807) is 18.5 Å². The fourth-order valence-corrected chi connectivity index (χ4v) is 4.29. The number of hydrogen-bond donors (Lipinski definition) is 1. The molecule has 5 heteroatoms. The highest BCUT2D eigenvalue weighted by Crippen LogP contribution is 2.39. The SMILES string of the molecule is O=C(c1cc[nH]c1)N1CCCC12CCCN(Cc1ccccc1)C2=O. The molecule has 2 aliphatic rings. The zero-order chi connectivity index (χ0) is 17.3. The van der Waals surface area contributed by atoms with Crippen LogP contribution in [0.15, 0.2) is 48.8 Å². The molecule has 2 aromatic rings. The van der Waals surface area contributed by atoms with Crippen LogP contribution in [0.3, 0.4) is 0 Å². The standard InChI is InChI=1S/C20H23N3O2/c24-18(17-8-11-21-14-17)23-13-5-10-20(23)9-4-12-22(19(20)25)15-16-6-2-1-3-7-16/h1-3,6-8,11,14,21H,4-5,9-10,12-13,15H2. The highest BCUT2D eigenvalue weighted by Gasteiger charge is 2.52. The molecule has 130 valence electrons. The van der Waals surface area contributed by atoms with Crippen molar-refractivity contribution < 1.29 is 9.59 Å². The summed E-state index contributed by atoms with van der Waals surface area (Å²) < 4.78 is 0. The fraction of sp³-hybridized carbons (Fsp3) is 0.400. The predicted octanol–water partition coefficient (Wildman–Crippen LogP) is 2.81. The van der Waals surface area contributed by atoms with E-state index in [1.165, 1.54) is 0 Å². The molecular formula is C20H23N3O2. The fourth-order valence-electron chi connectivity index (χ4n) is 4.29. The van der Waals surface area contributed by atoms with Crippen LogP contribution in [0, 0.1) is 0 Å². The van der Waals surface area contributed by atoms with Gasteiger partial charge in [0.05, 0.1) is 5.56 Å². The summed E-state index contributed by atoms with van der Waals surface area (Å²) in [4.78, 5) is 33.0. The largest absolute Gasteiger partial charge is 0.367 e. The van der Waals surface area contributed by atoms with E-state index in [0.717, 1.165) is 37.8 Å². The minimum atomic E-state index is -0.651. The third kappa shape index (κ3) is 2.73. The summed E-state index contributed by atoms with van der Waals surface area (Å²) >= 11 is 0. The molecule has 1 spiro atoms. The van der Waals surface area contributed by atoms with Crippen molar-refractivity contribution in [1.82, 2.24) is 14.8 Å². The summed E-state index contributed by atoms with van der Waals surface area (Å²) in [5.41, 5.74) is 1.12. The number of nitrogens with one attached hydrogen (secondary N) is 1. The second-order valence-corrected chi connectivity index (χ2v) is 7.01. The number of nitrogens with zero attached hydrogens (tertiary/aromatic N) is 2. The Hall–Kier alpha value is -2.56. The first-order valence-electron chi connectivity index (χ1n) is 8.99. The smallest absolute Gasteiger partial charge is 0.256 e. The maximum Gasteiger partial charge on any atom is 0.256 e. The van der Waals surface area contributed by atoms with Gasteiger partial charge in [-0.2, -0.15) is 0 Å².